The largest absolute Gasteiger partial charge is 0.122 e. The van der Waals surface area contributed by atoms with E-state index in [4.69, 9.17) is 11.6 Å². The second kappa shape index (κ2) is 3.62. The van der Waals surface area contributed by atoms with Crippen LogP contribution in [0.4, 0.5) is 0 Å². The lowest BCUT2D eigenvalue weighted by Crippen LogP contribution is -2.08. The summed E-state index contributed by atoms with van der Waals surface area (Å²) in [5.41, 5.74) is 3.06. The first-order chi connectivity index (χ1) is 5.16. The van der Waals surface area contributed by atoms with E-state index in [2.05, 4.69) is 20.8 Å². The highest BCUT2D eigenvalue weighted by Gasteiger charge is 2.24. The summed E-state index contributed by atoms with van der Waals surface area (Å²) in [5, 5.41) is 0. The first kappa shape index (κ1) is 9.12. The zero-order valence-electron chi connectivity index (χ0n) is 7.65. The Balaban J connectivity index is 2.72. The fraction of sp³-hybridized carbons (Fsp3) is 0.800. The molecule has 0 heterocycles. The smallest absolute Gasteiger partial charge is 0.0438 e. The van der Waals surface area contributed by atoms with Gasteiger partial charge in [-0.1, -0.05) is 25.0 Å². The molecule has 0 radical (unpaired) electrons. The molecule has 1 heteroatoms. The molecule has 64 valence electrons. The summed E-state index contributed by atoms with van der Waals surface area (Å²) in [4.78, 5) is 0. The fourth-order valence-electron chi connectivity index (χ4n) is 1.97. The van der Waals surface area contributed by atoms with E-state index >= 15 is 0 Å². The van der Waals surface area contributed by atoms with Gasteiger partial charge in [-0.15, -0.1) is 11.6 Å². The zero-order chi connectivity index (χ0) is 8.43. The molecule has 0 aliphatic heterocycles. The van der Waals surface area contributed by atoms with Crippen molar-refractivity contribution in [2.24, 2.45) is 11.8 Å². The molecule has 0 saturated heterocycles. The first-order valence-corrected chi connectivity index (χ1v) is 4.94. The summed E-state index contributed by atoms with van der Waals surface area (Å²) in [7, 11) is 0. The molecule has 11 heavy (non-hydrogen) atoms. The second-order valence-corrected chi connectivity index (χ2v) is 4.10. The van der Waals surface area contributed by atoms with E-state index in [1.165, 1.54) is 18.4 Å². The van der Waals surface area contributed by atoms with E-state index in [9.17, 15) is 0 Å². The van der Waals surface area contributed by atoms with Crippen LogP contribution in [0.2, 0.25) is 0 Å². The molecule has 1 rings (SSSR count). The molecule has 0 amide bonds. The molecular formula is C10H17Cl. The maximum atomic E-state index is 5.88. The zero-order valence-corrected chi connectivity index (χ0v) is 8.41. The van der Waals surface area contributed by atoms with Crippen molar-refractivity contribution in [1.29, 1.82) is 0 Å². The predicted octanol–water partition coefficient (Wildman–Crippen LogP) is 3.61. The normalized spacial score (nSPS) is 25.4. The standard InChI is InChI=1S/C10H17Cl/c1-7(2)9-5-4-8(3)10(9)6-11/h7,9H,4-6H2,1-3H3. The van der Waals surface area contributed by atoms with Crippen molar-refractivity contribution in [3.8, 4) is 0 Å². The van der Waals surface area contributed by atoms with Crippen LogP contribution in [0.15, 0.2) is 11.1 Å². The van der Waals surface area contributed by atoms with Gasteiger partial charge in [-0.25, -0.2) is 0 Å². The topological polar surface area (TPSA) is 0 Å². The van der Waals surface area contributed by atoms with Crippen molar-refractivity contribution >= 4 is 11.6 Å². The summed E-state index contributed by atoms with van der Waals surface area (Å²) in [6.45, 7) is 6.80. The molecule has 0 aromatic heterocycles. The highest BCUT2D eigenvalue weighted by Crippen LogP contribution is 2.36. The van der Waals surface area contributed by atoms with Gasteiger partial charge in [0, 0.05) is 5.88 Å². The maximum absolute atomic E-state index is 5.88. The van der Waals surface area contributed by atoms with Crippen LogP contribution in [0.1, 0.15) is 33.6 Å². The molecule has 1 aliphatic rings. The summed E-state index contributed by atoms with van der Waals surface area (Å²) >= 11 is 5.88. The number of rotatable bonds is 2. The van der Waals surface area contributed by atoms with Crippen LogP contribution >= 0.6 is 11.6 Å². The molecule has 0 saturated carbocycles. The van der Waals surface area contributed by atoms with Crippen LogP contribution in [-0.2, 0) is 0 Å². The molecule has 0 aromatic rings. The van der Waals surface area contributed by atoms with Gasteiger partial charge in [0.2, 0.25) is 0 Å². The van der Waals surface area contributed by atoms with Crippen molar-refractivity contribution in [2.75, 3.05) is 5.88 Å². The van der Waals surface area contributed by atoms with Gasteiger partial charge in [0.25, 0.3) is 0 Å². The van der Waals surface area contributed by atoms with E-state index < -0.39 is 0 Å². The minimum Gasteiger partial charge on any atom is -0.122 e. The van der Waals surface area contributed by atoms with Crippen LogP contribution in [0.25, 0.3) is 0 Å². The Kier molecular flexibility index (Phi) is 3.00. The summed E-state index contributed by atoms with van der Waals surface area (Å²) in [5.74, 6) is 2.28. The monoisotopic (exact) mass is 172 g/mol. The van der Waals surface area contributed by atoms with Gasteiger partial charge in [-0.2, -0.15) is 0 Å². The molecule has 0 spiro atoms. The number of halogens is 1. The second-order valence-electron chi connectivity index (χ2n) is 3.83. The average Bonchev–Trinajstić information content (AvgIpc) is 2.30. The third-order valence-corrected chi connectivity index (χ3v) is 3.06. The van der Waals surface area contributed by atoms with Crippen LogP contribution in [0, 0.1) is 11.8 Å². The van der Waals surface area contributed by atoms with Crippen LogP contribution < -0.4 is 0 Å². The lowest BCUT2D eigenvalue weighted by molar-refractivity contribution is 0.440. The minimum atomic E-state index is 0.745. The van der Waals surface area contributed by atoms with E-state index in [0.717, 1.165) is 17.7 Å². The Morgan fingerprint density at radius 2 is 2.18 bits per heavy atom. The van der Waals surface area contributed by atoms with E-state index in [1.54, 1.807) is 5.57 Å². The van der Waals surface area contributed by atoms with Crippen LogP contribution in [0.3, 0.4) is 0 Å². The molecule has 1 aliphatic carbocycles. The van der Waals surface area contributed by atoms with Gasteiger partial charge >= 0.3 is 0 Å². The summed E-state index contributed by atoms with van der Waals surface area (Å²) in [6.07, 6.45) is 2.59. The Hall–Kier alpha value is 0.0300. The molecule has 1 atom stereocenters. The number of alkyl halides is 1. The van der Waals surface area contributed by atoms with Gasteiger partial charge in [0.05, 0.1) is 0 Å². The molecule has 0 fully saturated rings. The van der Waals surface area contributed by atoms with Gasteiger partial charge < -0.3 is 0 Å². The quantitative estimate of drug-likeness (QED) is 0.441. The highest BCUT2D eigenvalue weighted by atomic mass is 35.5. The number of allylic oxidation sites excluding steroid dienone is 2. The number of hydrogen-bond donors (Lipinski definition) is 0. The van der Waals surface area contributed by atoms with Crippen molar-refractivity contribution in [3.63, 3.8) is 0 Å². The van der Waals surface area contributed by atoms with Gasteiger partial charge in [-0.05, 0) is 31.6 Å². The molecule has 0 N–H and O–H groups in total. The Morgan fingerprint density at radius 3 is 2.55 bits per heavy atom. The van der Waals surface area contributed by atoms with E-state index in [0.29, 0.717) is 0 Å². The van der Waals surface area contributed by atoms with Crippen molar-refractivity contribution in [2.45, 2.75) is 33.6 Å². The maximum Gasteiger partial charge on any atom is 0.0438 e. The van der Waals surface area contributed by atoms with Crippen molar-refractivity contribution < 1.29 is 0 Å². The SMILES string of the molecule is CC1=C(CCl)C(C(C)C)CC1. The lowest BCUT2D eigenvalue weighted by atomic mass is 9.90. The molecular weight excluding hydrogens is 156 g/mol. The highest BCUT2D eigenvalue weighted by molar-refractivity contribution is 6.19. The molecule has 0 nitrogen and oxygen atoms in total. The summed E-state index contributed by atoms with van der Waals surface area (Å²) < 4.78 is 0. The third-order valence-electron chi connectivity index (χ3n) is 2.77. The van der Waals surface area contributed by atoms with Gasteiger partial charge in [0.15, 0.2) is 0 Å². The van der Waals surface area contributed by atoms with Crippen LogP contribution in [-0.4, -0.2) is 5.88 Å². The fourth-order valence-corrected chi connectivity index (χ4v) is 2.40. The Labute approximate surface area is 74.6 Å². The molecule has 0 bridgehead atoms. The Morgan fingerprint density at radius 1 is 1.55 bits per heavy atom. The van der Waals surface area contributed by atoms with Gasteiger partial charge in [-0.3, -0.25) is 0 Å². The lowest BCUT2D eigenvalue weighted by Gasteiger charge is -2.17. The van der Waals surface area contributed by atoms with Gasteiger partial charge in [0.1, 0.15) is 0 Å². The van der Waals surface area contributed by atoms with E-state index in [1.807, 2.05) is 0 Å². The van der Waals surface area contributed by atoms with Crippen LogP contribution in [0.5, 0.6) is 0 Å². The third kappa shape index (κ3) is 1.79. The minimum absolute atomic E-state index is 0.745. The summed E-state index contributed by atoms with van der Waals surface area (Å²) in [6, 6.07) is 0. The van der Waals surface area contributed by atoms with E-state index in [-0.39, 0.29) is 0 Å². The first-order valence-electron chi connectivity index (χ1n) is 4.41. The molecule has 1 unspecified atom stereocenters. The van der Waals surface area contributed by atoms with Crippen molar-refractivity contribution in [3.05, 3.63) is 11.1 Å². The Bertz CT molecular complexity index is 168. The number of hydrogen-bond acceptors (Lipinski definition) is 0. The molecule has 0 aromatic carbocycles. The predicted molar refractivity (Wildman–Crippen MR) is 51.0 cm³/mol. The average molecular weight is 173 g/mol. The van der Waals surface area contributed by atoms with Crippen molar-refractivity contribution in [1.82, 2.24) is 0 Å².